The molecule has 0 unspecified atom stereocenters. The summed E-state index contributed by atoms with van der Waals surface area (Å²) in [4.78, 5) is 1.55. The van der Waals surface area contributed by atoms with Crippen molar-refractivity contribution in [1.29, 1.82) is 0 Å². The second-order valence-electron chi connectivity index (χ2n) is 3.93. The Balaban J connectivity index is 0.00000256. The van der Waals surface area contributed by atoms with Gasteiger partial charge in [-0.2, -0.15) is 0 Å². The SMILES string of the molecule is C=C(CN(C)c1cccc(C)c1)[B-](F)(F)F.[K+]. The quantitative estimate of drug-likeness (QED) is 0.713. The van der Waals surface area contributed by atoms with E-state index in [1.165, 1.54) is 0 Å². The molecule has 1 aromatic rings. The van der Waals surface area contributed by atoms with Crippen molar-refractivity contribution in [3.63, 3.8) is 0 Å². The van der Waals surface area contributed by atoms with Crippen LogP contribution in [-0.4, -0.2) is 20.6 Å². The van der Waals surface area contributed by atoms with E-state index in [0.717, 1.165) is 11.3 Å². The Hall–Kier alpha value is 0.251. The van der Waals surface area contributed by atoms with Crippen molar-refractivity contribution in [2.24, 2.45) is 0 Å². The van der Waals surface area contributed by atoms with E-state index in [-0.39, 0.29) is 57.9 Å². The smallest absolute Gasteiger partial charge is 0.445 e. The molecule has 17 heavy (non-hydrogen) atoms. The van der Waals surface area contributed by atoms with Gasteiger partial charge in [-0.1, -0.05) is 12.1 Å². The summed E-state index contributed by atoms with van der Waals surface area (Å²) < 4.78 is 37.0. The van der Waals surface area contributed by atoms with Crippen LogP contribution in [0.25, 0.3) is 0 Å². The van der Waals surface area contributed by atoms with Crippen LogP contribution in [0, 0.1) is 6.92 Å². The van der Waals surface area contributed by atoms with Gasteiger partial charge in [0, 0.05) is 19.3 Å². The second-order valence-corrected chi connectivity index (χ2v) is 3.93. The fraction of sp³-hybridized carbons (Fsp3) is 0.273. The molecule has 0 aliphatic rings. The van der Waals surface area contributed by atoms with Crippen molar-refractivity contribution in [2.75, 3.05) is 18.5 Å². The Morgan fingerprint density at radius 1 is 1.35 bits per heavy atom. The average Bonchev–Trinajstić information content (AvgIpc) is 2.16. The van der Waals surface area contributed by atoms with Crippen LogP contribution >= 0.6 is 0 Å². The van der Waals surface area contributed by atoms with Crippen LogP contribution in [0.15, 0.2) is 36.3 Å². The summed E-state index contributed by atoms with van der Waals surface area (Å²) in [7, 11) is 1.63. The van der Waals surface area contributed by atoms with Gasteiger partial charge < -0.3 is 17.8 Å². The largest absolute Gasteiger partial charge is 1.00 e. The van der Waals surface area contributed by atoms with E-state index in [4.69, 9.17) is 0 Å². The van der Waals surface area contributed by atoms with E-state index in [1.807, 2.05) is 25.1 Å². The van der Waals surface area contributed by atoms with Crippen LogP contribution in [0.4, 0.5) is 18.6 Å². The van der Waals surface area contributed by atoms with Gasteiger partial charge in [-0.25, -0.2) is 0 Å². The average molecular weight is 267 g/mol. The molecule has 88 valence electrons. The predicted molar refractivity (Wildman–Crippen MR) is 62.7 cm³/mol. The number of rotatable bonds is 4. The van der Waals surface area contributed by atoms with Gasteiger partial charge in [0.05, 0.1) is 0 Å². The molecule has 0 saturated carbocycles. The van der Waals surface area contributed by atoms with Crippen molar-refractivity contribution in [3.05, 3.63) is 41.9 Å². The van der Waals surface area contributed by atoms with Gasteiger partial charge >= 0.3 is 58.4 Å². The molecule has 0 aromatic heterocycles. The molecular formula is C11H14BF3KN. The maximum atomic E-state index is 12.3. The van der Waals surface area contributed by atoms with Crippen LogP contribution < -0.4 is 56.3 Å². The van der Waals surface area contributed by atoms with Gasteiger partial charge in [-0.05, 0) is 24.6 Å². The first-order valence-corrected chi connectivity index (χ1v) is 4.96. The van der Waals surface area contributed by atoms with E-state index in [1.54, 1.807) is 18.0 Å². The Morgan fingerprint density at radius 3 is 2.41 bits per heavy atom. The standard InChI is InChI=1S/C11H14BF3N.K/c1-9-5-4-6-11(7-9)16(3)8-10(2)12(13,14)15;/h4-7H,2,8H2,1,3H3;/q-1;+1. The van der Waals surface area contributed by atoms with Crippen LogP contribution in [0.1, 0.15) is 5.56 Å². The van der Waals surface area contributed by atoms with E-state index in [2.05, 4.69) is 6.58 Å². The van der Waals surface area contributed by atoms with Crippen LogP contribution in [0.3, 0.4) is 0 Å². The summed E-state index contributed by atoms with van der Waals surface area (Å²) in [5.74, 6) is 0. The summed E-state index contributed by atoms with van der Waals surface area (Å²) in [6.07, 6.45) is 0. The first-order valence-electron chi connectivity index (χ1n) is 4.96. The van der Waals surface area contributed by atoms with Crippen LogP contribution in [0.2, 0.25) is 0 Å². The maximum Gasteiger partial charge on any atom is 1.00 e. The summed E-state index contributed by atoms with van der Waals surface area (Å²) >= 11 is 0. The molecule has 0 spiro atoms. The topological polar surface area (TPSA) is 3.24 Å². The molecular weight excluding hydrogens is 253 g/mol. The minimum absolute atomic E-state index is 0. The van der Waals surface area contributed by atoms with E-state index in [0.29, 0.717) is 0 Å². The molecule has 0 amide bonds. The molecule has 0 saturated heterocycles. The molecule has 1 aromatic carbocycles. The van der Waals surface area contributed by atoms with Crippen molar-refractivity contribution >= 4 is 12.7 Å². The summed E-state index contributed by atoms with van der Waals surface area (Å²) in [5, 5.41) is 0. The van der Waals surface area contributed by atoms with Crippen molar-refractivity contribution in [2.45, 2.75) is 6.92 Å². The number of aryl methyl sites for hydroxylation is 1. The molecule has 0 atom stereocenters. The van der Waals surface area contributed by atoms with Crippen molar-refractivity contribution < 1.29 is 64.3 Å². The third-order valence-corrected chi connectivity index (χ3v) is 2.35. The van der Waals surface area contributed by atoms with Gasteiger partial charge in [0.1, 0.15) is 0 Å². The fourth-order valence-electron chi connectivity index (χ4n) is 1.36. The number of halogens is 3. The van der Waals surface area contributed by atoms with E-state index < -0.39 is 12.4 Å². The molecule has 0 aliphatic heterocycles. The summed E-state index contributed by atoms with van der Waals surface area (Å²) in [6, 6.07) is 7.35. The van der Waals surface area contributed by atoms with Gasteiger partial charge in [0.15, 0.2) is 0 Å². The normalized spacial score (nSPS) is 10.6. The van der Waals surface area contributed by atoms with Gasteiger partial charge in [0.25, 0.3) is 0 Å². The number of hydrogen-bond acceptors (Lipinski definition) is 1. The molecule has 0 N–H and O–H groups in total. The third kappa shape index (κ3) is 5.61. The predicted octanol–water partition coefficient (Wildman–Crippen LogP) is 0.378. The first-order chi connectivity index (χ1) is 7.30. The number of anilines is 1. The zero-order chi connectivity index (χ0) is 12.3. The number of nitrogens with zero attached hydrogens (tertiary/aromatic N) is 1. The van der Waals surface area contributed by atoms with Gasteiger partial charge in [0.2, 0.25) is 0 Å². The van der Waals surface area contributed by atoms with Crippen molar-refractivity contribution in [1.82, 2.24) is 0 Å². The second kappa shape index (κ2) is 6.99. The Morgan fingerprint density at radius 2 is 1.94 bits per heavy atom. The van der Waals surface area contributed by atoms with Crippen molar-refractivity contribution in [3.8, 4) is 0 Å². The molecule has 0 aliphatic carbocycles. The van der Waals surface area contributed by atoms with Gasteiger partial charge in [-0.15, -0.1) is 12.1 Å². The monoisotopic (exact) mass is 267 g/mol. The molecule has 0 bridgehead atoms. The molecule has 0 radical (unpaired) electrons. The van der Waals surface area contributed by atoms with Crippen LogP contribution in [0.5, 0.6) is 0 Å². The Labute approximate surface area is 143 Å². The molecule has 1 nitrogen and oxygen atoms in total. The third-order valence-electron chi connectivity index (χ3n) is 2.35. The molecule has 1 rings (SSSR count). The minimum Gasteiger partial charge on any atom is -0.445 e. The number of benzene rings is 1. The number of hydrogen-bond donors (Lipinski definition) is 0. The van der Waals surface area contributed by atoms with Gasteiger partial charge in [-0.3, -0.25) is 0 Å². The molecule has 6 heteroatoms. The van der Waals surface area contributed by atoms with E-state index in [9.17, 15) is 12.9 Å². The summed E-state index contributed by atoms with van der Waals surface area (Å²) in [5.41, 5.74) is 1.11. The maximum absolute atomic E-state index is 12.3. The molecule has 0 fully saturated rings. The zero-order valence-electron chi connectivity index (χ0n) is 10.4. The van der Waals surface area contributed by atoms with Crippen LogP contribution in [-0.2, 0) is 0 Å². The first kappa shape index (κ1) is 17.3. The Kier molecular flexibility index (Phi) is 7.10. The van der Waals surface area contributed by atoms with E-state index >= 15 is 0 Å². The fourth-order valence-corrected chi connectivity index (χ4v) is 1.36. The zero-order valence-corrected chi connectivity index (χ0v) is 13.5. The minimum atomic E-state index is -4.94. The summed E-state index contributed by atoms with van der Waals surface area (Å²) in [6.45, 7) is -0.154. The molecule has 0 heterocycles. The number of likely N-dealkylation sites (N-methyl/N-ethyl adjacent to an activating group) is 1. The Bertz CT molecular complexity index is 393.